The summed E-state index contributed by atoms with van der Waals surface area (Å²) in [5.41, 5.74) is 1.92. The number of piperidine rings is 1. The molecule has 0 N–H and O–H groups in total. The number of rotatable bonds is 7. The number of anilines is 1. The van der Waals surface area contributed by atoms with Gasteiger partial charge in [-0.15, -0.1) is 0 Å². The summed E-state index contributed by atoms with van der Waals surface area (Å²) in [7, 11) is 5.45. The number of fused-ring (bicyclic) bond motifs is 2. The van der Waals surface area contributed by atoms with Gasteiger partial charge in [0.2, 0.25) is 0 Å². The van der Waals surface area contributed by atoms with E-state index in [9.17, 15) is 4.79 Å². The zero-order chi connectivity index (χ0) is 21.8. The number of carbonyl (C=O) groups is 1. The number of nitrogens with zero attached hydrogens (tertiary/aromatic N) is 2. The smallest absolute Gasteiger partial charge is 0.414 e. The van der Waals surface area contributed by atoms with Gasteiger partial charge in [0, 0.05) is 37.2 Å². The van der Waals surface area contributed by atoms with Gasteiger partial charge in [0.1, 0.15) is 6.10 Å². The third kappa shape index (κ3) is 4.79. The molecule has 2 fully saturated rings. The fourth-order valence-electron chi connectivity index (χ4n) is 4.87. The maximum atomic E-state index is 13.2. The van der Waals surface area contributed by atoms with Gasteiger partial charge < -0.3 is 19.1 Å². The van der Waals surface area contributed by atoms with Crippen LogP contribution in [0.1, 0.15) is 31.2 Å². The van der Waals surface area contributed by atoms with E-state index in [-0.39, 0.29) is 12.2 Å². The molecule has 31 heavy (non-hydrogen) atoms. The molecule has 6 heteroatoms. The Balaban J connectivity index is 1.45. The summed E-state index contributed by atoms with van der Waals surface area (Å²) < 4.78 is 16.8. The topological polar surface area (TPSA) is 51.2 Å². The maximum Gasteiger partial charge on any atom is 0.414 e. The molecule has 2 heterocycles. The molecular weight excluding hydrogens is 392 g/mol. The van der Waals surface area contributed by atoms with E-state index in [1.807, 2.05) is 48.5 Å². The molecule has 0 saturated carbocycles. The van der Waals surface area contributed by atoms with Crippen molar-refractivity contribution in [3.8, 4) is 11.5 Å². The van der Waals surface area contributed by atoms with Crippen LogP contribution >= 0.6 is 0 Å². The molecule has 6 nitrogen and oxygen atoms in total. The number of hydrogen-bond acceptors (Lipinski definition) is 5. The first-order valence-electron chi connectivity index (χ1n) is 11.0. The zero-order valence-corrected chi connectivity index (χ0v) is 18.6. The van der Waals surface area contributed by atoms with Crippen molar-refractivity contribution in [2.45, 2.75) is 50.3 Å². The van der Waals surface area contributed by atoms with Crippen molar-refractivity contribution < 1.29 is 19.0 Å². The van der Waals surface area contributed by atoms with Crippen LogP contribution in [0.2, 0.25) is 0 Å². The average Bonchev–Trinajstić information content (AvgIpc) is 2.99. The Morgan fingerprint density at radius 2 is 1.68 bits per heavy atom. The Hall–Kier alpha value is -2.73. The number of ether oxygens (including phenoxy) is 3. The lowest BCUT2D eigenvalue weighted by atomic mass is 10.0. The molecular formula is C25H32N2O4. The van der Waals surface area contributed by atoms with Crippen LogP contribution in [-0.4, -0.2) is 57.0 Å². The summed E-state index contributed by atoms with van der Waals surface area (Å²) >= 11 is 0. The third-order valence-electron chi connectivity index (χ3n) is 6.68. The molecule has 2 atom stereocenters. The fraction of sp³-hybridized carbons (Fsp3) is 0.480. The standard InChI is InChI=1S/C25H32N2O4/c1-26-20-10-11-21(26)17-22(16-20)31-25(28)27(19-7-5-4-6-8-19)14-13-18-9-12-23(29-2)24(15-18)30-3/h4-9,12,15,20-22H,10-11,13-14,16-17H2,1-3H3/t20-,21-/m1/s1. The van der Waals surface area contributed by atoms with Crippen LogP contribution in [0.5, 0.6) is 11.5 Å². The second-order valence-corrected chi connectivity index (χ2v) is 8.45. The molecule has 1 amide bonds. The van der Waals surface area contributed by atoms with E-state index in [4.69, 9.17) is 14.2 Å². The van der Waals surface area contributed by atoms with Gasteiger partial charge in [0.25, 0.3) is 0 Å². The van der Waals surface area contributed by atoms with Gasteiger partial charge in [-0.05, 0) is 56.1 Å². The van der Waals surface area contributed by atoms with Gasteiger partial charge in [-0.3, -0.25) is 4.90 Å². The molecule has 4 rings (SSSR count). The van der Waals surface area contributed by atoms with E-state index in [2.05, 4.69) is 11.9 Å². The van der Waals surface area contributed by atoms with E-state index >= 15 is 0 Å². The summed E-state index contributed by atoms with van der Waals surface area (Å²) in [4.78, 5) is 17.4. The maximum absolute atomic E-state index is 13.2. The number of carbonyl (C=O) groups excluding carboxylic acids is 1. The van der Waals surface area contributed by atoms with E-state index in [0.717, 1.165) is 24.1 Å². The number of para-hydroxylation sites is 1. The predicted molar refractivity (Wildman–Crippen MR) is 121 cm³/mol. The van der Waals surface area contributed by atoms with Gasteiger partial charge in [-0.25, -0.2) is 4.79 Å². The Bertz CT molecular complexity index is 874. The number of amides is 1. The normalized spacial score (nSPS) is 22.7. The van der Waals surface area contributed by atoms with Crippen LogP contribution in [-0.2, 0) is 11.2 Å². The van der Waals surface area contributed by atoms with Crippen molar-refractivity contribution in [3.63, 3.8) is 0 Å². The molecule has 2 aliphatic rings. The zero-order valence-electron chi connectivity index (χ0n) is 18.6. The minimum atomic E-state index is -0.263. The van der Waals surface area contributed by atoms with Crippen LogP contribution in [0.4, 0.5) is 10.5 Å². The minimum Gasteiger partial charge on any atom is -0.493 e. The highest BCUT2D eigenvalue weighted by atomic mass is 16.6. The largest absolute Gasteiger partial charge is 0.493 e. The van der Waals surface area contributed by atoms with Crippen LogP contribution < -0.4 is 14.4 Å². The van der Waals surface area contributed by atoms with Crippen molar-refractivity contribution in [2.75, 3.05) is 32.7 Å². The van der Waals surface area contributed by atoms with Crippen molar-refractivity contribution >= 4 is 11.8 Å². The summed E-state index contributed by atoms with van der Waals surface area (Å²) in [5.74, 6) is 1.39. The van der Waals surface area contributed by atoms with Gasteiger partial charge in [0.15, 0.2) is 11.5 Å². The van der Waals surface area contributed by atoms with Crippen LogP contribution in [0.3, 0.4) is 0 Å². The Labute approximate surface area is 184 Å². The Morgan fingerprint density at radius 1 is 1.00 bits per heavy atom. The predicted octanol–water partition coefficient (Wildman–Crippen LogP) is 4.51. The average molecular weight is 425 g/mol. The molecule has 0 unspecified atom stereocenters. The molecule has 2 aromatic carbocycles. The molecule has 0 aromatic heterocycles. The van der Waals surface area contributed by atoms with Gasteiger partial charge >= 0.3 is 6.09 Å². The Kier molecular flexibility index (Phi) is 6.66. The van der Waals surface area contributed by atoms with E-state index in [0.29, 0.717) is 36.5 Å². The summed E-state index contributed by atoms with van der Waals surface area (Å²) in [6.07, 6.45) is 4.68. The van der Waals surface area contributed by atoms with Gasteiger partial charge in [-0.1, -0.05) is 24.3 Å². The second-order valence-electron chi connectivity index (χ2n) is 8.45. The second kappa shape index (κ2) is 9.60. The van der Waals surface area contributed by atoms with Crippen LogP contribution in [0, 0.1) is 0 Å². The van der Waals surface area contributed by atoms with Crippen molar-refractivity contribution in [2.24, 2.45) is 0 Å². The molecule has 0 spiro atoms. The number of hydrogen-bond donors (Lipinski definition) is 0. The van der Waals surface area contributed by atoms with Crippen LogP contribution in [0.25, 0.3) is 0 Å². The molecule has 0 aliphatic carbocycles. The molecule has 2 aliphatic heterocycles. The monoisotopic (exact) mass is 424 g/mol. The molecule has 2 saturated heterocycles. The van der Waals surface area contributed by atoms with Crippen molar-refractivity contribution in [1.82, 2.24) is 4.90 Å². The lowest BCUT2D eigenvalue weighted by molar-refractivity contribution is 0.0316. The molecule has 0 radical (unpaired) electrons. The highest BCUT2D eigenvalue weighted by molar-refractivity contribution is 5.87. The highest BCUT2D eigenvalue weighted by Gasteiger charge is 2.40. The Morgan fingerprint density at radius 3 is 2.32 bits per heavy atom. The lowest BCUT2D eigenvalue weighted by Gasteiger charge is -2.36. The molecule has 2 aromatic rings. The summed E-state index contributed by atoms with van der Waals surface area (Å²) in [6, 6.07) is 16.7. The number of methoxy groups -OCH3 is 2. The van der Waals surface area contributed by atoms with E-state index < -0.39 is 0 Å². The van der Waals surface area contributed by atoms with Crippen molar-refractivity contribution in [1.29, 1.82) is 0 Å². The molecule has 166 valence electrons. The number of benzene rings is 2. The van der Waals surface area contributed by atoms with Gasteiger partial charge in [0.05, 0.1) is 14.2 Å². The highest BCUT2D eigenvalue weighted by Crippen LogP contribution is 2.36. The van der Waals surface area contributed by atoms with E-state index in [1.54, 1.807) is 19.1 Å². The quantitative estimate of drug-likeness (QED) is 0.654. The summed E-state index contributed by atoms with van der Waals surface area (Å²) in [5, 5.41) is 0. The lowest BCUT2D eigenvalue weighted by Crippen LogP contribution is -2.45. The first-order valence-corrected chi connectivity index (χ1v) is 11.0. The van der Waals surface area contributed by atoms with E-state index in [1.165, 1.54) is 12.8 Å². The fourth-order valence-corrected chi connectivity index (χ4v) is 4.87. The molecule has 2 bridgehead atoms. The van der Waals surface area contributed by atoms with Gasteiger partial charge in [-0.2, -0.15) is 0 Å². The van der Waals surface area contributed by atoms with Crippen molar-refractivity contribution in [3.05, 3.63) is 54.1 Å². The first kappa shape index (κ1) is 21.5. The third-order valence-corrected chi connectivity index (χ3v) is 6.68. The minimum absolute atomic E-state index is 0.00603. The van der Waals surface area contributed by atoms with Crippen LogP contribution in [0.15, 0.2) is 48.5 Å². The summed E-state index contributed by atoms with van der Waals surface area (Å²) in [6.45, 7) is 0.526. The first-order chi connectivity index (χ1) is 15.1. The SMILES string of the molecule is COc1ccc(CCN(C(=O)OC2C[C@H]3CC[C@H](C2)N3C)c2ccccc2)cc1OC.